The molecule has 1 aromatic rings. The summed E-state index contributed by atoms with van der Waals surface area (Å²) in [7, 11) is -3.37. The summed E-state index contributed by atoms with van der Waals surface area (Å²) in [5.74, 6) is 0. The predicted molar refractivity (Wildman–Crippen MR) is 88.7 cm³/mol. The predicted octanol–water partition coefficient (Wildman–Crippen LogP) is 3.49. The smallest absolute Gasteiger partial charge is 0.211 e. The van der Waals surface area contributed by atoms with Crippen molar-refractivity contribution in [2.45, 2.75) is 36.5 Å². The molecule has 0 aliphatic rings. The summed E-state index contributed by atoms with van der Waals surface area (Å²) in [4.78, 5) is 0.320. The highest BCUT2D eigenvalue weighted by Crippen LogP contribution is 2.12. The van der Waals surface area contributed by atoms with Crippen molar-refractivity contribution in [1.29, 1.82) is 0 Å². The minimum atomic E-state index is -3.37. The number of unbranched alkanes of at least 4 members (excludes halogenated alkanes) is 1. The maximum Gasteiger partial charge on any atom is 0.240 e. The van der Waals surface area contributed by atoms with Crippen molar-refractivity contribution in [3.8, 4) is 0 Å². The summed E-state index contributed by atoms with van der Waals surface area (Å²) < 4.78 is 27.5. The fourth-order valence-corrected chi connectivity index (χ4v) is 3.24. The highest BCUT2D eigenvalue weighted by atomic mass is 127. The Balaban J connectivity index is 2.37. The van der Waals surface area contributed by atoms with E-state index in [1.807, 2.05) is 6.92 Å². The summed E-state index contributed by atoms with van der Waals surface area (Å²) in [5, 5.41) is 0.189. The van der Waals surface area contributed by atoms with Gasteiger partial charge in [-0.2, -0.15) is 0 Å². The second-order valence-corrected chi connectivity index (χ2v) is 7.72. The molecule has 1 aromatic carbocycles. The Hall–Kier alpha value is 0.150. The van der Waals surface area contributed by atoms with E-state index in [9.17, 15) is 8.42 Å². The lowest BCUT2D eigenvalue weighted by Gasteiger charge is -2.08. The zero-order chi connectivity index (χ0) is 14.3. The van der Waals surface area contributed by atoms with Gasteiger partial charge in [-0.05, 0) is 31.9 Å². The van der Waals surface area contributed by atoms with Crippen molar-refractivity contribution in [1.82, 2.24) is 4.72 Å². The van der Waals surface area contributed by atoms with E-state index in [2.05, 4.69) is 27.3 Å². The summed E-state index contributed by atoms with van der Waals surface area (Å²) in [6.07, 6.45) is 2.68. The van der Waals surface area contributed by atoms with E-state index in [1.165, 1.54) is 0 Å². The first-order valence-corrected chi connectivity index (χ1v) is 9.66. The Kier molecular flexibility index (Phi) is 7.64. The van der Waals surface area contributed by atoms with Gasteiger partial charge in [0, 0.05) is 16.3 Å². The average molecular weight is 416 g/mol. The molecular weight excluding hydrogens is 397 g/mol. The van der Waals surface area contributed by atoms with E-state index in [1.54, 1.807) is 24.3 Å². The third-order valence-electron chi connectivity index (χ3n) is 2.73. The number of halogens is 2. The second-order valence-electron chi connectivity index (χ2n) is 4.46. The molecule has 19 heavy (non-hydrogen) atoms. The van der Waals surface area contributed by atoms with Crippen LogP contribution < -0.4 is 4.72 Å². The molecule has 0 fully saturated rings. The van der Waals surface area contributed by atoms with Gasteiger partial charge in [-0.3, -0.25) is 0 Å². The van der Waals surface area contributed by atoms with E-state index < -0.39 is 10.0 Å². The zero-order valence-electron chi connectivity index (χ0n) is 10.9. The number of hydrogen-bond acceptors (Lipinski definition) is 2. The van der Waals surface area contributed by atoms with E-state index in [4.69, 9.17) is 11.6 Å². The molecule has 1 unspecified atom stereocenters. The van der Waals surface area contributed by atoms with Crippen LogP contribution in [0.4, 0.5) is 0 Å². The molecule has 1 atom stereocenters. The van der Waals surface area contributed by atoms with Crippen molar-refractivity contribution < 1.29 is 8.42 Å². The molecule has 0 amide bonds. The van der Waals surface area contributed by atoms with E-state index in [0.717, 1.165) is 29.3 Å². The van der Waals surface area contributed by atoms with Crippen LogP contribution in [0, 0.1) is 6.92 Å². The number of aryl methyl sites for hydroxylation is 1. The van der Waals surface area contributed by atoms with Crippen LogP contribution in [0.15, 0.2) is 29.2 Å². The minimum Gasteiger partial charge on any atom is -0.211 e. The quantitative estimate of drug-likeness (QED) is 0.401. The van der Waals surface area contributed by atoms with Crippen molar-refractivity contribution in [2.75, 3.05) is 11.0 Å². The first kappa shape index (κ1) is 17.2. The molecule has 0 bridgehead atoms. The van der Waals surface area contributed by atoms with Crippen LogP contribution in [-0.2, 0) is 10.0 Å². The first-order chi connectivity index (χ1) is 8.95. The van der Waals surface area contributed by atoms with Crippen LogP contribution in [0.25, 0.3) is 0 Å². The average Bonchev–Trinajstić information content (AvgIpc) is 2.38. The highest BCUT2D eigenvalue weighted by molar-refractivity contribution is 14.1. The molecule has 0 saturated heterocycles. The summed E-state index contributed by atoms with van der Waals surface area (Å²) in [5.41, 5.74) is 1.05. The van der Waals surface area contributed by atoms with Gasteiger partial charge < -0.3 is 0 Å². The van der Waals surface area contributed by atoms with Gasteiger partial charge in [-0.1, -0.05) is 46.7 Å². The second kappa shape index (κ2) is 8.44. The molecule has 3 nitrogen and oxygen atoms in total. The zero-order valence-corrected chi connectivity index (χ0v) is 14.6. The van der Waals surface area contributed by atoms with Crippen molar-refractivity contribution in [3.05, 3.63) is 29.8 Å². The molecule has 6 heteroatoms. The van der Waals surface area contributed by atoms with Crippen molar-refractivity contribution in [3.63, 3.8) is 0 Å². The van der Waals surface area contributed by atoms with Crippen LogP contribution in [0.2, 0.25) is 0 Å². The summed E-state index contributed by atoms with van der Waals surface area (Å²) >= 11 is 8.25. The van der Waals surface area contributed by atoms with Crippen LogP contribution >= 0.6 is 34.2 Å². The Morgan fingerprint density at radius 1 is 1.26 bits per heavy atom. The lowest BCUT2D eigenvalue weighted by atomic mass is 10.2. The molecule has 0 heterocycles. The number of hydrogen-bond donors (Lipinski definition) is 1. The number of nitrogens with one attached hydrogen (secondary N) is 1. The molecule has 0 aliphatic carbocycles. The minimum absolute atomic E-state index is 0.189. The van der Waals surface area contributed by atoms with Crippen molar-refractivity contribution >= 4 is 44.2 Å². The third-order valence-corrected chi connectivity index (χ3v) is 6.17. The van der Waals surface area contributed by atoms with E-state index >= 15 is 0 Å². The molecule has 0 aromatic heterocycles. The third kappa shape index (κ3) is 6.42. The van der Waals surface area contributed by atoms with Gasteiger partial charge in [0.15, 0.2) is 0 Å². The topological polar surface area (TPSA) is 46.2 Å². The lowest BCUT2D eigenvalue weighted by molar-refractivity contribution is 0.574. The number of rotatable bonds is 8. The number of sulfonamides is 1. The summed E-state index contributed by atoms with van der Waals surface area (Å²) in [6.45, 7) is 2.39. The van der Waals surface area contributed by atoms with Crippen LogP contribution in [0.3, 0.4) is 0 Å². The first-order valence-electron chi connectivity index (χ1n) is 6.22. The largest absolute Gasteiger partial charge is 0.240 e. The van der Waals surface area contributed by atoms with Gasteiger partial charge in [-0.25, -0.2) is 13.1 Å². The van der Waals surface area contributed by atoms with Gasteiger partial charge >= 0.3 is 0 Å². The molecule has 0 saturated carbocycles. The molecule has 0 radical (unpaired) electrons. The molecule has 1 N–H and O–H groups in total. The van der Waals surface area contributed by atoms with E-state index in [-0.39, 0.29) is 5.38 Å². The maximum atomic E-state index is 12.0. The van der Waals surface area contributed by atoms with Gasteiger partial charge in [-0.15, -0.1) is 11.6 Å². The van der Waals surface area contributed by atoms with Crippen LogP contribution in [-0.4, -0.2) is 24.8 Å². The SMILES string of the molecule is Cc1ccc(S(=O)(=O)NCCCCC(Cl)CI)cc1. The highest BCUT2D eigenvalue weighted by Gasteiger charge is 2.12. The Bertz CT molecular complexity index is 476. The maximum absolute atomic E-state index is 12.0. The normalized spacial score (nSPS) is 13.4. The number of alkyl halides is 2. The fourth-order valence-electron chi connectivity index (χ4n) is 1.58. The fraction of sp³-hybridized carbons (Fsp3) is 0.538. The molecular formula is C13H19ClINO2S. The molecule has 0 spiro atoms. The van der Waals surface area contributed by atoms with E-state index in [0.29, 0.717) is 11.4 Å². The molecule has 1 rings (SSSR count). The molecule has 108 valence electrons. The lowest BCUT2D eigenvalue weighted by Crippen LogP contribution is -2.24. The summed E-state index contributed by atoms with van der Waals surface area (Å²) in [6, 6.07) is 6.85. The van der Waals surface area contributed by atoms with Crippen molar-refractivity contribution in [2.24, 2.45) is 0 Å². The Labute approximate surface area is 134 Å². The standard InChI is InChI=1S/C13H19ClINO2S/c1-11-5-7-13(8-6-11)19(17,18)16-9-3-2-4-12(14)10-15/h5-8,12,16H,2-4,9-10H2,1H3. The Morgan fingerprint density at radius 3 is 2.47 bits per heavy atom. The van der Waals surface area contributed by atoms with Gasteiger partial charge in [0.05, 0.1) is 4.90 Å². The van der Waals surface area contributed by atoms with Crippen LogP contribution in [0.1, 0.15) is 24.8 Å². The number of benzene rings is 1. The Morgan fingerprint density at radius 2 is 1.89 bits per heavy atom. The monoisotopic (exact) mass is 415 g/mol. The van der Waals surface area contributed by atoms with Gasteiger partial charge in [0.1, 0.15) is 0 Å². The van der Waals surface area contributed by atoms with Crippen LogP contribution in [0.5, 0.6) is 0 Å². The molecule has 0 aliphatic heterocycles. The van der Waals surface area contributed by atoms with Gasteiger partial charge in [0.25, 0.3) is 0 Å². The van der Waals surface area contributed by atoms with Gasteiger partial charge in [0.2, 0.25) is 10.0 Å².